The molecule has 0 aliphatic rings. The van der Waals surface area contributed by atoms with E-state index in [0.717, 1.165) is 18.2 Å². The number of hydrazone groups is 1. The summed E-state index contributed by atoms with van der Waals surface area (Å²) in [6.45, 7) is 0. The van der Waals surface area contributed by atoms with E-state index in [9.17, 15) is 26.0 Å². The summed E-state index contributed by atoms with van der Waals surface area (Å²) in [5.41, 5.74) is 1.24. The lowest BCUT2D eigenvalue weighted by molar-refractivity contribution is -0.0705. The van der Waals surface area contributed by atoms with Gasteiger partial charge in [-0.15, -0.1) is 5.10 Å². The predicted octanol–water partition coefficient (Wildman–Crippen LogP) is 1.53. The van der Waals surface area contributed by atoms with E-state index in [2.05, 4.69) is 9.28 Å². The number of halogens is 4. The molecule has 20 heavy (non-hydrogen) atoms. The van der Waals surface area contributed by atoms with Crippen LogP contribution < -0.4 is 5.43 Å². The second kappa shape index (κ2) is 6.20. The Labute approximate surface area is 111 Å². The van der Waals surface area contributed by atoms with Gasteiger partial charge in [-0.05, 0) is 18.2 Å². The van der Waals surface area contributed by atoms with Crippen LogP contribution in [0.5, 0.6) is 0 Å². The minimum Gasteiger partial charge on any atom is -0.357 e. The Hall–Kier alpha value is -2.35. The molecule has 0 atom stereocenters. The maximum Gasteiger partial charge on any atom is 0.471 e. The van der Waals surface area contributed by atoms with Gasteiger partial charge < -0.3 is 4.18 Å². The first-order chi connectivity index (χ1) is 9.24. The molecule has 0 bridgehead atoms. The van der Waals surface area contributed by atoms with E-state index in [0.29, 0.717) is 0 Å². The maximum atomic E-state index is 13.0. The molecule has 0 fully saturated rings. The molecular weight excluding hydrogens is 306 g/mol. The van der Waals surface area contributed by atoms with Gasteiger partial charge >= 0.3 is 23.1 Å². The summed E-state index contributed by atoms with van der Waals surface area (Å²) in [4.78, 5) is 0. The SMILES string of the molecule is N#Cc1cc(N/N=C(\O[SH](=O)=O)C(F)(F)F)ccc1F. The molecule has 0 saturated carbocycles. The Balaban J connectivity index is 3.01. The predicted molar refractivity (Wildman–Crippen MR) is 59.6 cm³/mol. The second-order valence-corrected chi connectivity index (χ2v) is 3.78. The summed E-state index contributed by atoms with van der Waals surface area (Å²) in [6.07, 6.45) is -5.14. The van der Waals surface area contributed by atoms with Crippen LogP contribution in [-0.4, -0.2) is 20.5 Å². The van der Waals surface area contributed by atoms with E-state index in [1.165, 1.54) is 6.07 Å². The van der Waals surface area contributed by atoms with Crippen molar-refractivity contribution in [1.82, 2.24) is 0 Å². The number of alkyl halides is 3. The highest BCUT2D eigenvalue weighted by Gasteiger charge is 2.39. The molecule has 0 saturated heterocycles. The van der Waals surface area contributed by atoms with Gasteiger partial charge in [-0.25, -0.2) is 4.39 Å². The fourth-order valence-corrected chi connectivity index (χ4v) is 1.29. The third-order valence-electron chi connectivity index (χ3n) is 1.78. The van der Waals surface area contributed by atoms with Crippen LogP contribution in [0.2, 0.25) is 0 Å². The van der Waals surface area contributed by atoms with Crippen molar-refractivity contribution in [2.24, 2.45) is 5.10 Å². The maximum absolute atomic E-state index is 13.0. The Morgan fingerprint density at radius 2 is 2.05 bits per heavy atom. The number of nitriles is 1. The van der Waals surface area contributed by atoms with Crippen molar-refractivity contribution < 1.29 is 30.2 Å². The number of rotatable bonds is 3. The largest absolute Gasteiger partial charge is 0.471 e. The van der Waals surface area contributed by atoms with Gasteiger partial charge in [0.1, 0.15) is 11.9 Å². The summed E-state index contributed by atoms with van der Waals surface area (Å²) in [7, 11) is -3.80. The van der Waals surface area contributed by atoms with Crippen LogP contribution in [0.25, 0.3) is 0 Å². The van der Waals surface area contributed by atoms with Crippen LogP contribution in [0.3, 0.4) is 0 Å². The van der Waals surface area contributed by atoms with Crippen molar-refractivity contribution >= 4 is 22.6 Å². The van der Waals surface area contributed by atoms with Gasteiger partial charge in [-0.1, -0.05) is 0 Å². The molecular formula is C9H5F4N3O3S. The molecule has 1 N–H and O–H groups in total. The third kappa shape index (κ3) is 4.39. The van der Waals surface area contributed by atoms with Crippen LogP contribution in [0, 0.1) is 17.1 Å². The standard InChI is InChI=1S/C9H5F4N3O3S/c10-7-2-1-6(3-5(7)4-14)15-16-8(9(11,12)13)19-20(17)18/h1-3,15,20H/b16-8-. The topological polar surface area (TPSA) is 91.5 Å². The molecule has 0 spiro atoms. The molecule has 0 heterocycles. The minimum atomic E-state index is -5.14. The summed E-state index contributed by atoms with van der Waals surface area (Å²) < 4.78 is 73.7. The second-order valence-electron chi connectivity index (χ2n) is 3.15. The molecule has 0 aliphatic heterocycles. The van der Waals surface area contributed by atoms with Gasteiger partial charge in [-0.3, -0.25) is 5.43 Å². The van der Waals surface area contributed by atoms with E-state index in [-0.39, 0.29) is 5.69 Å². The number of thiol groups is 1. The Bertz CT molecular complexity index is 641. The third-order valence-corrected chi connectivity index (χ3v) is 2.10. The average Bonchev–Trinajstić information content (AvgIpc) is 2.34. The van der Waals surface area contributed by atoms with E-state index in [1.807, 2.05) is 5.43 Å². The summed E-state index contributed by atoms with van der Waals surface area (Å²) >= 11 is 0. The number of hydrogen-bond donors (Lipinski definition) is 2. The highest BCUT2D eigenvalue weighted by Crippen LogP contribution is 2.19. The first kappa shape index (κ1) is 15.7. The average molecular weight is 311 g/mol. The molecule has 0 aliphatic carbocycles. The number of nitrogens with one attached hydrogen (secondary N) is 1. The first-order valence-corrected chi connectivity index (χ1v) is 5.76. The van der Waals surface area contributed by atoms with Gasteiger partial charge in [-0.2, -0.15) is 26.9 Å². The molecule has 0 aromatic heterocycles. The summed E-state index contributed by atoms with van der Waals surface area (Å²) in [5, 5.41) is 11.2. The van der Waals surface area contributed by atoms with E-state index in [1.54, 1.807) is 0 Å². The van der Waals surface area contributed by atoms with Crippen molar-refractivity contribution in [1.29, 1.82) is 5.26 Å². The van der Waals surface area contributed by atoms with Gasteiger partial charge in [0, 0.05) is 0 Å². The Morgan fingerprint density at radius 3 is 2.55 bits per heavy atom. The van der Waals surface area contributed by atoms with E-state index in [4.69, 9.17) is 5.26 Å². The van der Waals surface area contributed by atoms with E-state index >= 15 is 0 Å². The zero-order valence-electron chi connectivity index (χ0n) is 9.31. The molecule has 0 radical (unpaired) electrons. The molecule has 1 aromatic carbocycles. The number of benzene rings is 1. The van der Waals surface area contributed by atoms with Crippen molar-refractivity contribution in [3.63, 3.8) is 0 Å². The molecule has 1 aromatic rings. The zero-order valence-corrected chi connectivity index (χ0v) is 10.2. The minimum absolute atomic E-state index is 0.158. The highest BCUT2D eigenvalue weighted by molar-refractivity contribution is 7.67. The van der Waals surface area contributed by atoms with Crippen LogP contribution in [0.1, 0.15) is 5.56 Å². The lowest BCUT2D eigenvalue weighted by Crippen LogP contribution is -2.26. The lowest BCUT2D eigenvalue weighted by atomic mass is 10.2. The fraction of sp³-hybridized carbons (Fsp3) is 0.111. The first-order valence-electron chi connectivity index (χ1n) is 4.67. The molecule has 0 amide bonds. The monoisotopic (exact) mass is 311 g/mol. The van der Waals surface area contributed by atoms with Crippen molar-refractivity contribution in [3.05, 3.63) is 29.6 Å². The van der Waals surface area contributed by atoms with Crippen LogP contribution >= 0.6 is 0 Å². The molecule has 6 nitrogen and oxygen atoms in total. The fourth-order valence-electron chi connectivity index (χ4n) is 1.00. The molecule has 108 valence electrons. The van der Waals surface area contributed by atoms with Crippen molar-refractivity contribution in [3.8, 4) is 6.07 Å². The number of nitrogens with zero attached hydrogens (tertiary/aromatic N) is 2. The van der Waals surface area contributed by atoms with Crippen molar-refractivity contribution in [2.75, 3.05) is 5.43 Å². The summed E-state index contributed by atoms with van der Waals surface area (Å²) in [6, 6.07) is 4.20. The smallest absolute Gasteiger partial charge is 0.357 e. The lowest BCUT2D eigenvalue weighted by Gasteiger charge is -2.08. The number of hydrogen-bond acceptors (Lipinski definition) is 6. The Kier molecular flexibility index (Phi) is 4.87. The van der Waals surface area contributed by atoms with Crippen LogP contribution in [0.4, 0.5) is 23.2 Å². The van der Waals surface area contributed by atoms with Crippen LogP contribution in [-0.2, 0) is 15.2 Å². The highest BCUT2D eigenvalue weighted by atomic mass is 32.2. The van der Waals surface area contributed by atoms with Gasteiger partial charge in [0.05, 0.1) is 11.3 Å². The van der Waals surface area contributed by atoms with Gasteiger partial charge in [0.15, 0.2) is 0 Å². The van der Waals surface area contributed by atoms with Crippen molar-refractivity contribution in [2.45, 2.75) is 6.18 Å². The van der Waals surface area contributed by atoms with Gasteiger partial charge in [0.2, 0.25) is 0 Å². The number of anilines is 1. The van der Waals surface area contributed by atoms with E-state index < -0.39 is 34.4 Å². The van der Waals surface area contributed by atoms with Gasteiger partial charge in [0.25, 0.3) is 0 Å². The Morgan fingerprint density at radius 1 is 1.40 bits per heavy atom. The molecule has 1 rings (SSSR count). The molecule has 0 unspecified atom stereocenters. The quantitative estimate of drug-likeness (QED) is 0.290. The zero-order chi connectivity index (χ0) is 15.3. The van der Waals surface area contributed by atoms with Crippen LogP contribution in [0.15, 0.2) is 23.3 Å². The normalized spacial score (nSPS) is 12.1. The summed E-state index contributed by atoms with van der Waals surface area (Å²) in [5.74, 6) is -2.91. The molecule has 11 heteroatoms.